The SMILES string of the molecule is CC1CCC(C(=O)O)CN1C(=O)CNC(=O)Cc1cccc2ccccc12. The maximum absolute atomic E-state index is 12.5. The maximum atomic E-state index is 12.5. The summed E-state index contributed by atoms with van der Waals surface area (Å²) in [6, 6.07) is 13.7. The molecular formula is C21H24N2O4. The molecule has 1 aliphatic rings. The van der Waals surface area contributed by atoms with Crippen molar-refractivity contribution in [3.8, 4) is 0 Å². The normalized spacial score (nSPS) is 19.7. The van der Waals surface area contributed by atoms with Crippen molar-refractivity contribution in [3.05, 3.63) is 48.0 Å². The summed E-state index contributed by atoms with van der Waals surface area (Å²) >= 11 is 0. The van der Waals surface area contributed by atoms with Crippen LogP contribution in [0, 0.1) is 5.92 Å². The van der Waals surface area contributed by atoms with Gasteiger partial charge in [-0.1, -0.05) is 42.5 Å². The van der Waals surface area contributed by atoms with Gasteiger partial charge in [0, 0.05) is 12.6 Å². The summed E-state index contributed by atoms with van der Waals surface area (Å²) in [4.78, 5) is 37.6. The fourth-order valence-corrected chi connectivity index (χ4v) is 3.61. The van der Waals surface area contributed by atoms with E-state index in [-0.39, 0.29) is 37.4 Å². The first-order chi connectivity index (χ1) is 13.0. The maximum Gasteiger partial charge on any atom is 0.308 e. The van der Waals surface area contributed by atoms with Crippen molar-refractivity contribution in [1.29, 1.82) is 0 Å². The molecule has 2 aromatic rings. The molecule has 1 fully saturated rings. The van der Waals surface area contributed by atoms with Gasteiger partial charge in [-0.2, -0.15) is 0 Å². The second-order valence-corrected chi connectivity index (χ2v) is 7.10. The van der Waals surface area contributed by atoms with Crippen molar-refractivity contribution in [2.45, 2.75) is 32.2 Å². The lowest BCUT2D eigenvalue weighted by Gasteiger charge is -2.36. The van der Waals surface area contributed by atoms with Gasteiger partial charge in [-0.25, -0.2) is 0 Å². The van der Waals surface area contributed by atoms with Crippen LogP contribution in [-0.2, 0) is 20.8 Å². The van der Waals surface area contributed by atoms with Gasteiger partial charge in [-0.15, -0.1) is 0 Å². The number of carbonyl (C=O) groups is 3. The van der Waals surface area contributed by atoms with E-state index in [1.165, 1.54) is 0 Å². The van der Waals surface area contributed by atoms with Gasteiger partial charge >= 0.3 is 5.97 Å². The Balaban J connectivity index is 1.58. The quantitative estimate of drug-likeness (QED) is 0.847. The highest BCUT2D eigenvalue weighted by molar-refractivity contribution is 5.91. The Kier molecular flexibility index (Phi) is 5.74. The molecule has 0 bridgehead atoms. The molecule has 2 aromatic carbocycles. The van der Waals surface area contributed by atoms with Crippen LogP contribution in [0.4, 0.5) is 0 Å². The number of aliphatic carboxylic acids is 1. The zero-order valence-electron chi connectivity index (χ0n) is 15.4. The second-order valence-electron chi connectivity index (χ2n) is 7.10. The monoisotopic (exact) mass is 368 g/mol. The Labute approximate surface area is 158 Å². The van der Waals surface area contributed by atoms with Gasteiger partial charge in [-0.3, -0.25) is 14.4 Å². The summed E-state index contributed by atoms with van der Waals surface area (Å²) in [5, 5.41) is 14.0. The van der Waals surface area contributed by atoms with Gasteiger partial charge in [0.25, 0.3) is 0 Å². The number of amides is 2. The molecule has 142 valence electrons. The highest BCUT2D eigenvalue weighted by Crippen LogP contribution is 2.22. The van der Waals surface area contributed by atoms with E-state index in [1.54, 1.807) is 4.90 Å². The number of carboxylic acids is 1. The third kappa shape index (κ3) is 4.45. The van der Waals surface area contributed by atoms with E-state index >= 15 is 0 Å². The van der Waals surface area contributed by atoms with E-state index in [0.29, 0.717) is 12.8 Å². The molecule has 2 amide bonds. The van der Waals surface area contributed by atoms with E-state index in [1.807, 2.05) is 49.4 Å². The lowest BCUT2D eigenvalue weighted by Crippen LogP contribution is -2.50. The van der Waals surface area contributed by atoms with Crippen LogP contribution in [0.15, 0.2) is 42.5 Å². The molecule has 1 aliphatic heterocycles. The number of carbonyl (C=O) groups excluding carboxylic acids is 2. The molecule has 0 saturated carbocycles. The molecule has 2 unspecified atom stereocenters. The molecular weight excluding hydrogens is 344 g/mol. The molecule has 0 spiro atoms. The molecule has 0 aromatic heterocycles. The third-order valence-electron chi connectivity index (χ3n) is 5.22. The number of nitrogens with one attached hydrogen (secondary N) is 1. The zero-order chi connectivity index (χ0) is 19.4. The van der Waals surface area contributed by atoms with Crippen LogP contribution in [-0.4, -0.2) is 46.9 Å². The number of carboxylic acid groups (broad SMARTS) is 1. The van der Waals surface area contributed by atoms with E-state index < -0.39 is 11.9 Å². The molecule has 1 heterocycles. The van der Waals surface area contributed by atoms with Gasteiger partial charge in [0.2, 0.25) is 11.8 Å². The highest BCUT2D eigenvalue weighted by atomic mass is 16.4. The van der Waals surface area contributed by atoms with Crippen LogP contribution >= 0.6 is 0 Å². The minimum atomic E-state index is -0.875. The van der Waals surface area contributed by atoms with E-state index in [2.05, 4.69) is 5.32 Å². The fourth-order valence-electron chi connectivity index (χ4n) is 3.61. The summed E-state index contributed by atoms with van der Waals surface area (Å²) in [7, 11) is 0. The summed E-state index contributed by atoms with van der Waals surface area (Å²) < 4.78 is 0. The predicted octanol–water partition coefficient (Wildman–Crippen LogP) is 2.21. The predicted molar refractivity (Wildman–Crippen MR) is 102 cm³/mol. The summed E-state index contributed by atoms with van der Waals surface area (Å²) in [5.74, 6) is -1.87. The van der Waals surface area contributed by atoms with Crippen molar-refractivity contribution < 1.29 is 19.5 Å². The third-order valence-corrected chi connectivity index (χ3v) is 5.22. The number of likely N-dealkylation sites (tertiary alicyclic amines) is 1. The topological polar surface area (TPSA) is 86.7 Å². The van der Waals surface area contributed by atoms with Gasteiger partial charge in [0.05, 0.1) is 18.9 Å². The number of nitrogens with zero attached hydrogens (tertiary/aromatic N) is 1. The molecule has 6 heteroatoms. The Morgan fingerprint density at radius 2 is 1.85 bits per heavy atom. The smallest absolute Gasteiger partial charge is 0.308 e. The van der Waals surface area contributed by atoms with Crippen molar-refractivity contribution >= 4 is 28.6 Å². The molecule has 3 rings (SSSR count). The Hall–Kier alpha value is -2.89. The van der Waals surface area contributed by atoms with Crippen molar-refractivity contribution in [2.24, 2.45) is 5.92 Å². The number of piperidine rings is 1. The van der Waals surface area contributed by atoms with Crippen LogP contribution in [0.5, 0.6) is 0 Å². The van der Waals surface area contributed by atoms with E-state index in [4.69, 9.17) is 0 Å². The second kappa shape index (κ2) is 8.20. The number of fused-ring (bicyclic) bond motifs is 1. The van der Waals surface area contributed by atoms with Gasteiger partial charge < -0.3 is 15.3 Å². The number of benzene rings is 2. The molecule has 0 radical (unpaired) electrons. The summed E-state index contributed by atoms with van der Waals surface area (Å²) in [6.07, 6.45) is 1.43. The number of hydrogen-bond donors (Lipinski definition) is 2. The fraction of sp³-hybridized carbons (Fsp3) is 0.381. The minimum Gasteiger partial charge on any atom is -0.481 e. The number of hydrogen-bond acceptors (Lipinski definition) is 3. The average molecular weight is 368 g/mol. The summed E-state index contributed by atoms with van der Waals surface area (Å²) in [5.41, 5.74) is 0.912. The largest absolute Gasteiger partial charge is 0.481 e. The average Bonchev–Trinajstić information content (AvgIpc) is 2.66. The van der Waals surface area contributed by atoms with Gasteiger partial charge in [-0.05, 0) is 36.1 Å². The highest BCUT2D eigenvalue weighted by Gasteiger charge is 2.32. The Morgan fingerprint density at radius 3 is 2.63 bits per heavy atom. The van der Waals surface area contributed by atoms with E-state index in [0.717, 1.165) is 16.3 Å². The Bertz CT molecular complexity index is 859. The lowest BCUT2D eigenvalue weighted by molar-refractivity contribution is -0.147. The standard InChI is InChI=1S/C21H24N2O4/c1-14-9-10-17(21(26)27)13-23(14)20(25)12-22-19(24)11-16-7-4-6-15-5-2-3-8-18(15)16/h2-8,14,17H,9-13H2,1H3,(H,22,24)(H,26,27). The zero-order valence-corrected chi connectivity index (χ0v) is 15.4. The molecule has 1 saturated heterocycles. The molecule has 27 heavy (non-hydrogen) atoms. The first-order valence-electron chi connectivity index (χ1n) is 9.21. The summed E-state index contributed by atoms with van der Waals surface area (Å²) in [6.45, 7) is 2.00. The van der Waals surface area contributed by atoms with Crippen LogP contribution in [0.3, 0.4) is 0 Å². The number of rotatable bonds is 5. The van der Waals surface area contributed by atoms with Crippen LogP contribution in [0.1, 0.15) is 25.3 Å². The first kappa shape index (κ1) is 18.9. The van der Waals surface area contributed by atoms with Crippen molar-refractivity contribution in [1.82, 2.24) is 10.2 Å². The van der Waals surface area contributed by atoms with Crippen LogP contribution < -0.4 is 5.32 Å². The molecule has 6 nitrogen and oxygen atoms in total. The minimum absolute atomic E-state index is 0.0110. The Morgan fingerprint density at radius 1 is 1.11 bits per heavy atom. The van der Waals surface area contributed by atoms with Crippen molar-refractivity contribution in [3.63, 3.8) is 0 Å². The first-order valence-corrected chi connectivity index (χ1v) is 9.21. The van der Waals surface area contributed by atoms with Crippen LogP contribution in [0.2, 0.25) is 0 Å². The molecule has 0 aliphatic carbocycles. The van der Waals surface area contributed by atoms with Crippen molar-refractivity contribution in [2.75, 3.05) is 13.1 Å². The molecule has 2 N–H and O–H groups in total. The van der Waals surface area contributed by atoms with Crippen LogP contribution in [0.25, 0.3) is 10.8 Å². The molecule has 2 atom stereocenters. The van der Waals surface area contributed by atoms with E-state index in [9.17, 15) is 19.5 Å². The van der Waals surface area contributed by atoms with Gasteiger partial charge in [0.1, 0.15) is 0 Å². The van der Waals surface area contributed by atoms with Gasteiger partial charge in [0.15, 0.2) is 0 Å². The lowest BCUT2D eigenvalue weighted by atomic mass is 9.93.